The second-order valence-electron chi connectivity index (χ2n) is 8.15. The van der Waals surface area contributed by atoms with Gasteiger partial charge in [0.2, 0.25) is 0 Å². The highest BCUT2D eigenvalue weighted by Crippen LogP contribution is 2.25. The highest BCUT2D eigenvalue weighted by Gasteiger charge is 2.37. The largest absolute Gasteiger partial charge is 0.492 e. The van der Waals surface area contributed by atoms with E-state index in [4.69, 9.17) is 4.74 Å². The molecule has 0 saturated carbocycles. The summed E-state index contributed by atoms with van der Waals surface area (Å²) < 4.78 is 7.64. The maximum absolute atomic E-state index is 13.2. The van der Waals surface area contributed by atoms with Gasteiger partial charge in [0.1, 0.15) is 17.9 Å². The number of nitrogens with zero attached hydrogens (tertiary/aromatic N) is 2. The molecule has 0 unspecified atom stereocenters. The van der Waals surface area contributed by atoms with Gasteiger partial charge < -0.3 is 9.30 Å². The van der Waals surface area contributed by atoms with Gasteiger partial charge in [-0.2, -0.15) is 0 Å². The van der Waals surface area contributed by atoms with E-state index in [1.54, 1.807) is 18.2 Å². The second-order valence-corrected chi connectivity index (χ2v) is 8.15. The van der Waals surface area contributed by atoms with Crippen LogP contribution in [-0.4, -0.2) is 29.0 Å². The van der Waals surface area contributed by atoms with Gasteiger partial charge in [0, 0.05) is 11.9 Å². The fraction of sp³-hybridized carbons (Fsp3) is 0.222. The maximum atomic E-state index is 13.2. The van der Waals surface area contributed by atoms with Crippen LogP contribution < -0.4 is 15.0 Å². The van der Waals surface area contributed by atoms with Crippen LogP contribution >= 0.6 is 0 Å². The zero-order chi connectivity index (χ0) is 24.1. The molecule has 174 valence electrons. The lowest BCUT2D eigenvalue weighted by Gasteiger charge is -2.26. The predicted molar refractivity (Wildman–Crippen MR) is 131 cm³/mol. The minimum Gasteiger partial charge on any atom is -0.492 e. The van der Waals surface area contributed by atoms with Crippen molar-refractivity contribution in [3.05, 3.63) is 89.8 Å². The van der Waals surface area contributed by atoms with Crippen LogP contribution in [0.1, 0.15) is 37.4 Å². The monoisotopic (exact) mass is 457 g/mol. The minimum atomic E-state index is -0.755. The Hall–Kier alpha value is -4.13. The molecule has 0 radical (unpaired) electrons. The third-order valence-corrected chi connectivity index (χ3v) is 5.94. The summed E-state index contributed by atoms with van der Waals surface area (Å²) in [4.78, 5) is 39.2. The van der Waals surface area contributed by atoms with E-state index in [1.165, 1.54) is 6.08 Å². The molecule has 7 nitrogen and oxygen atoms in total. The summed E-state index contributed by atoms with van der Waals surface area (Å²) in [6, 6.07) is 19.6. The molecule has 0 bridgehead atoms. The smallest absolute Gasteiger partial charge is 0.335 e. The van der Waals surface area contributed by atoms with Crippen molar-refractivity contribution in [3.8, 4) is 5.75 Å². The van der Waals surface area contributed by atoms with Gasteiger partial charge in [-0.1, -0.05) is 44.2 Å². The second kappa shape index (κ2) is 10.2. The average Bonchev–Trinajstić information content (AvgIpc) is 3.29. The quantitative estimate of drug-likeness (QED) is 0.391. The van der Waals surface area contributed by atoms with Crippen molar-refractivity contribution in [1.29, 1.82) is 0 Å². The average molecular weight is 458 g/mol. The molecule has 4 amide bonds. The van der Waals surface area contributed by atoms with Crippen molar-refractivity contribution in [2.75, 3.05) is 11.5 Å². The van der Waals surface area contributed by atoms with Gasteiger partial charge >= 0.3 is 6.03 Å². The summed E-state index contributed by atoms with van der Waals surface area (Å²) in [5.74, 6) is -0.227. The highest BCUT2D eigenvalue weighted by atomic mass is 16.5. The Kier molecular flexibility index (Phi) is 6.92. The van der Waals surface area contributed by atoms with Gasteiger partial charge in [0.05, 0.1) is 12.2 Å². The van der Waals surface area contributed by atoms with Gasteiger partial charge in [-0.3, -0.25) is 14.9 Å². The fourth-order valence-electron chi connectivity index (χ4n) is 3.77. The molecule has 4 rings (SSSR count). The molecule has 1 aliphatic rings. The molecule has 1 aromatic heterocycles. The Bertz CT molecular complexity index is 1210. The molecule has 1 atom stereocenters. The van der Waals surface area contributed by atoms with Crippen molar-refractivity contribution in [1.82, 2.24) is 9.88 Å². The number of aromatic nitrogens is 1. The molecule has 2 aromatic carbocycles. The van der Waals surface area contributed by atoms with E-state index in [0.29, 0.717) is 30.5 Å². The number of barbiturate groups is 1. The van der Waals surface area contributed by atoms with Crippen LogP contribution in [0.15, 0.2) is 78.5 Å². The first kappa shape index (κ1) is 23.0. The summed E-state index contributed by atoms with van der Waals surface area (Å²) in [5.41, 5.74) is 2.10. The summed E-state index contributed by atoms with van der Waals surface area (Å²) >= 11 is 0. The molecule has 1 N–H and O–H groups in total. The molecular formula is C27H27N3O4. The van der Waals surface area contributed by atoms with Gasteiger partial charge in [-0.05, 0) is 60.4 Å². The van der Waals surface area contributed by atoms with Crippen LogP contribution in [0.4, 0.5) is 10.5 Å². The number of nitrogens with one attached hydrogen (secondary N) is 1. The van der Waals surface area contributed by atoms with Gasteiger partial charge in [0.25, 0.3) is 11.8 Å². The van der Waals surface area contributed by atoms with Crippen molar-refractivity contribution in [2.45, 2.75) is 32.7 Å². The number of amides is 4. The number of carbonyl (C=O) groups excluding carboxylic acids is 3. The molecule has 1 saturated heterocycles. The molecule has 1 aliphatic heterocycles. The molecule has 3 aromatic rings. The first-order chi connectivity index (χ1) is 16.5. The third-order valence-electron chi connectivity index (χ3n) is 5.94. The van der Waals surface area contributed by atoms with E-state index in [2.05, 4.69) is 19.2 Å². The number of urea groups is 1. The van der Waals surface area contributed by atoms with E-state index >= 15 is 0 Å². The standard InChI is InChI=1S/C27H27N3O4/c1-3-19(2)20-11-13-21(14-12-20)30-26(32)24(25(31)28-27(30)33)18-22-8-7-15-29(22)16-17-34-23-9-5-4-6-10-23/h4-15,18-19H,3,16-17H2,1-2H3,(H,28,31,33)/b24-18+/t19-/m1/s1. The number of hydrogen-bond donors (Lipinski definition) is 1. The van der Waals surface area contributed by atoms with Gasteiger partial charge in [-0.15, -0.1) is 0 Å². The third kappa shape index (κ3) is 4.93. The summed E-state index contributed by atoms with van der Waals surface area (Å²) in [7, 11) is 0. The topological polar surface area (TPSA) is 80.6 Å². The van der Waals surface area contributed by atoms with E-state index in [0.717, 1.165) is 22.6 Å². The first-order valence-corrected chi connectivity index (χ1v) is 11.3. The van der Waals surface area contributed by atoms with Crippen molar-refractivity contribution >= 4 is 29.6 Å². The molecule has 2 heterocycles. The predicted octanol–water partition coefficient (Wildman–Crippen LogP) is 4.75. The number of para-hydroxylation sites is 1. The lowest BCUT2D eigenvalue weighted by atomic mass is 9.98. The normalized spacial score (nSPS) is 16.0. The number of benzene rings is 2. The maximum Gasteiger partial charge on any atom is 0.335 e. The highest BCUT2D eigenvalue weighted by molar-refractivity contribution is 6.39. The van der Waals surface area contributed by atoms with E-state index in [-0.39, 0.29) is 5.57 Å². The lowest BCUT2D eigenvalue weighted by Crippen LogP contribution is -2.54. The fourth-order valence-corrected chi connectivity index (χ4v) is 3.77. The number of imide groups is 2. The zero-order valence-electron chi connectivity index (χ0n) is 19.2. The Morgan fingerprint density at radius 3 is 2.41 bits per heavy atom. The van der Waals surface area contributed by atoms with Crippen LogP contribution in [0.2, 0.25) is 0 Å². The SMILES string of the molecule is CC[C@@H](C)c1ccc(N2C(=O)NC(=O)/C(=C\c3cccn3CCOc3ccccc3)C2=O)cc1. The number of carbonyl (C=O) groups is 3. The van der Waals surface area contributed by atoms with Gasteiger partial charge in [0.15, 0.2) is 0 Å². The number of ether oxygens (including phenoxy) is 1. The first-order valence-electron chi connectivity index (χ1n) is 11.3. The zero-order valence-corrected chi connectivity index (χ0v) is 19.2. The number of rotatable bonds is 8. The summed E-state index contributed by atoms with van der Waals surface area (Å²) in [6.07, 6.45) is 4.34. The van der Waals surface area contributed by atoms with E-state index in [1.807, 2.05) is 59.3 Å². The van der Waals surface area contributed by atoms with Crippen LogP contribution in [0.25, 0.3) is 6.08 Å². The molecule has 34 heavy (non-hydrogen) atoms. The molecule has 0 aliphatic carbocycles. The van der Waals surface area contributed by atoms with Gasteiger partial charge in [-0.25, -0.2) is 9.69 Å². The number of anilines is 1. The Balaban J connectivity index is 1.53. The van der Waals surface area contributed by atoms with Crippen LogP contribution in [-0.2, 0) is 16.1 Å². The van der Waals surface area contributed by atoms with Crippen molar-refractivity contribution < 1.29 is 19.1 Å². The van der Waals surface area contributed by atoms with Crippen molar-refractivity contribution in [2.24, 2.45) is 0 Å². The molecule has 0 spiro atoms. The van der Waals surface area contributed by atoms with Crippen LogP contribution in [0.3, 0.4) is 0 Å². The van der Waals surface area contributed by atoms with Crippen LogP contribution in [0, 0.1) is 0 Å². The minimum absolute atomic E-state index is 0.102. The Labute approximate surface area is 198 Å². The summed E-state index contributed by atoms with van der Waals surface area (Å²) in [6.45, 7) is 5.17. The Morgan fingerprint density at radius 2 is 1.71 bits per heavy atom. The van der Waals surface area contributed by atoms with Crippen LogP contribution in [0.5, 0.6) is 5.75 Å². The summed E-state index contributed by atoms with van der Waals surface area (Å²) in [5, 5.41) is 2.28. The molecule has 7 heteroatoms. The Morgan fingerprint density at radius 1 is 0.971 bits per heavy atom. The number of hydrogen-bond acceptors (Lipinski definition) is 4. The van der Waals surface area contributed by atoms with E-state index in [9.17, 15) is 14.4 Å². The molecular weight excluding hydrogens is 430 g/mol. The molecule has 1 fully saturated rings. The van der Waals surface area contributed by atoms with Crippen molar-refractivity contribution in [3.63, 3.8) is 0 Å². The van der Waals surface area contributed by atoms with E-state index < -0.39 is 17.8 Å². The lowest BCUT2D eigenvalue weighted by molar-refractivity contribution is -0.122.